The molecule has 2 aliphatic rings. The van der Waals surface area contributed by atoms with Crippen LogP contribution in [0.1, 0.15) is 0 Å². The van der Waals surface area contributed by atoms with Crippen molar-refractivity contribution in [3.8, 4) is 11.5 Å². The van der Waals surface area contributed by atoms with Crippen LogP contribution in [0.4, 0.5) is 10.5 Å². The van der Waals surface area contributed by atoms with E-state index in [1.165, 1.54) is 0 Å². The number of ether oxygens (including phenoxy) is 3. The Labute approximate surface area is 97.8 Å². The van der Waals surface area contributed by atoms with Crippen LogP contribution in [0.15, 0.2) is 18.2 Å². The molecule has 0 aliphatic carbocycles. The maximum absolute atomic E-state index is 11.6. The van der Waals surface area contributed by atoms with Crippen molar-refractivity contribution < 1.29 is 19.0 Å². The second kappa shape index (κ2) is 3.81. The van der Waals surface area contributed by atoms with Crippen LogP contribution in [0, 0.1) is 0 Å². The topological polar surface area (TPSA) is 74.0 Å². The molecule has 1 atom stereocenters. The summed E-state index contributed by atoms with van der Waals surface area (Å²) < 4.78 is 15.6. The molecule has 1 amide bonds. The van der Waals surface area contributed by atoms with E-state index in [1.807, 2.05) is 0 Å². The van der Waals surface area contributed by atoms with Gasteiger partial charge < -0.3 is 19.9 Å². The molecule has 1 fully saturated rings. The van der Waals surface area contributed by atoms with Gasteiger partial charge in [-0.1, -0.05) is 0 Å². The number of anilines is 1. The first-order valence-electron chi connectivity index (χ1n) is 5.36. The highest BCUT2D eigenvalue weighted by molar-refractivity contribution is 5.90. The highest BCUT2D eigenvalue weighted by Crippen LogP contribution is 2.36. The van der Waals surface area contributed by atoms with E-state index in [1.54, 1.807) is 23.1 Å². The molecule has 90 valence electrons. The third-order valence-corrected chi connectivity index (χ3v) is 2.80. The second-order valence-electron chi connectivity index (χ2n) is 3.89. The van der Waals surface area contributed by atoms with Crippen LogP contribution in [-0.4, -0.2) is 32.1 Å². The molecule has 0 bridgehead atoms. The fourth-order valence-electron chi connectivity index (χ4n) is 1.91. The molecule has 0 saturated carbocycles. The van der Waals surface area contributed by atoms with E-state index in [4.69, 9.17) is 19.9 Å². The Balaban J connectivity index is 1.87. The number of rotatable bonds is 2. The summed E-state index contributed by atoms with van der Waals surface area (Å²) in [5, 5.41) is 0. The molecule has 2 aliphatic heterocycles. The first-order valence-corrected chi connectivity index (χ1v) is 5.36. The van der Waals surface area contributed by atoms with Crippen LogP contribution in [0.5, 0.6) is 11.5 Å². The number of carbonyl (C=O) groups excluding carboxylic acids is 1. The lowest BCUT2D eigenvalue weighted by Gasteiger charge is -2.13. The Hall–Kier alpha value is -1.95. The Morgan fingerprint density at radius 2 is 2.18 bits per heavy atom. The Morgan fingerprint density at radius 1 is 1.35 bits per heavy atom. The predicted molar refractivity (Wildman–Crippen MR) is 59.2 cm³/mol. The van der Waals surface area contributed by atoms with E-state index in [0.29, 0.717) is 24.6 Å². The van der Waals surface area contributed by atoms with E-state index >= 15 is 0 Å². The summed E-state index contributed by atoms with van der Waals surface area (Å²) in [5.41, 5.74) is 6.21. The standard InChI is InChI=1S/C11H12N2O4/c12-4-8-5-13(11(14)17-8)7-1-2-9-10(3-7)16-6-15-9/h1-3,8H,4-6,12H2/t8-/m1/s1. The molecular weight excluding hydrogens is 224 g/mol. The van der Waals surface area contributed by atoms with Gasteiger partial charge in [0, 0.05) is 12.6 Å². The van der Waals surface area contributed by atoms with Gasteiger partial charge in [0.25, 0.3) is 0 Å². The van der Waals surface area contributed by atoms with E-state index in [0.717, 1.165) is 5.69 Å². The summed E-state index contributed by atoms with van der Waals surface area (Å²) >= 11 is 0. The number of nitrogens with two attached hydrogens (primary N) is 1. The normalized spacial score (nSPS) is 21.8. The zero-order chi connectivity index (χ0) is 11.8. The van der Waals surface area contributed by atoms with Crippen LogP contribution in [-0.2, 0) is 4.74 Å². The van der Waals surface area contributed by atoms with Crippen molar-refractivity contribution >= 4 is 11.8 Å². The maximum atomic E-state index is 11.6. The molecule has 3 rings (SSSR count). The van der Waals surface area contributed by atoms with Crippen molar-refractivity contribution in [2.24, 2.45) is 5.73 Å². The average molecular weight is 236 g/mol. The van der Waals surface area contributed by atoms with Gasteiger partial charge in [-0.05, 0) is 12.1 Å². The molecule has 0 radical (unpaired) electrons. The van der Waals surface area contributed by atoms with Crippen molar-refractivity contribution in [2.45, 2.75) is 6.10 Å². The van der Waals surface area contributed by atoms with Gasteiger partial charge in [0.15, 0.2) is 11.5 Å². The molecule has 0 spiro atoms. The van der Waals surface area contributed by atoms with Gasteiger partial charge in [0.05, 0.1) is 12.2 Å². The smallest absolute Gasteiger partial charge is 0.414 e. The van der Waals surface area contributed by atoms with Gasteiger partial charge in [-0.15, -0.1) is 0 Å². The predicted octanol–water partition coefficient (Wildman–Crippen LogP) is 0.699. The van der Waals surface area contributed by atoms with Gasteiger partial charge in [-0.25, -0.2) is 4.79 Å². The first-order chi connectivity index (χ1) is 8.28. The van der Waals surface area contributed by atoms with Crippen LogP contribution in [0.25, 0.3) is 0 Å². The average Bonchev–Trinajstić information content (AvgIpc) is 2.93. The zero-order valence-corrected chi connectivity index (χ0v) is 9.09. The largest absolute Gasteiger partial charge is 0.454 e. The van der Waals surface area contributed by atoms with Crippen LogP contribution in [0.2, 0.25) is 0 Å². The zero-order valence-electron chi connectivity index (χ0n) is 9.09. The van der Waals surface area contributed by atoms with Crippen molar-refractivity contribution in [3.05, 3.63) is 18.2 Å². The lowest BCUT2D eigenvalue weighted by molar-refractivity contribution is 0.145. The molecule has 1 saturated heterocycles. The minimum Gasteiger partial charge on any atom is -0.454 e. The number of benzene rings is 1. The van der Waals surface area contributed by atoms with Crippen LogP contribution < -0.4 is 20.1 Å². The lowest BCUT2D eigenvalue weighted by Crippen LogP contribution is -2.27. The van der Waals surface area contributed by atoms with E-state index in [9.17, 15) is 4.79 Å². The minimum absolute atomic E-state index is 0.217. The second-order valence-corrected chi connectivity index (χ2v) is 3.89. The fraction of sp³-hybridized carbons (Fsp3) is 0.364. The maximum Gasteiger partial charge on any atom is 0.414 e. The van der Waals surface area contributed by atoms with Crippen LogP contribution in [0.3, 0.4) is 0 Å². The first kappa shape index (κ1) is 10.2. The van der Waals surface area contributed by atoms with Gasteiger partial charge in [0.2, 0.25) is 6.79 Å². The van der Waals surface area contributed by atoms with Crippen molar-refractivity contribution in [1.82, 2.24) is 0 Å². The monoisotopic (exact) mass is 236 g/mol. The van der Waals surface area contributed by atoms with E-state index in [-0.39, 0.29) is 19.0 Å². The number of hydrogen-bond donors (Lipinski definition) is 1. The third kappa shape index (κ3) is 1.66. The number of amides is 1. The molecule has 2 N–H and O–H groups in total. The molecule has 17 heavy (non-hydrogen) atoms. The SMILES string of the molecule is NC[C@@H]1CN(c2ccc3c(c2)OCO3)C(=O)O1. The summed E-state index contributed by atoms with van der Waals surface area (Å²) in [6.45, 7) is 1.01. The Kier molecular flexibility index (Phi) is 2.29. The number of cyclic esters (lactones) is 1. The number of fused-ring (bicyclic) bond motifs is 1. The minimum atomic E-state index is -0.376. The quantitative estimate of drug-likeness (QED) is 0.818. The number of nitrogens with zero attached hydrogens (tertiary/aromatic N) is 1. The van der Waals surface area contributed by atoms with E-state index in [2.05, 4.69) is 0 Å². The van der Waals surface area contributed by atoms with Gasteiger partial charge in [-0.3, -0.25) is 4.90 Å². The summed E-state index contributed by atoms with van der Waals surface area (Å²) in [6.07, 6.45) is -0.618. The van der Waals surface area contributed by atoms with Gasteiger partial charge in [-0.2, -0.15) is 0 Å². The molecule has 1 aromatic carbocycles. The molecule has 6 heteroatoms. The third-order valence-electron chi connectivity index (χ3n) is 2.80. The molecule has 1 aromatic rings. The number of hydrogen-bond acceptors (Lipinski definition) is 5. The summed E-state index contributed by atoms with van der Waals surface area (Å²) in [4.78, 5) is 13.2. The Morgan fingerprint density at radius 3 is 2.94 bits per heavy atom. The highest BCUT2D eigenvalue weighted by atomic mass is 16.7. The molecule has 0 unspecified atom stereocenters. The van der Waals surface area contributed by atoms with Gasteiger partial charge >= 0.3 is 6.09 Å². The van der Waals surface area contributed by atoms with E-state index < -0.39 is 0 Å². The summed E-state index contributed by atoms with van der Waals surface area (Å²) in [6, 6.07) is 5.34. The fourth-order valence-corrected chi connectivity index (χ4v) is 1.91. The lowest BCUT2D eigenvalue weighted by atomic mass is 10.2. The van der Waals surface area contributed by atoms with Crippen LogP contribution >= 0.6 is 0 Å². The van der Waals surface area contributed by atoms with Crippen molar-refractivity contribution in [3.63, 3.8) is 0 Å². The molecule has 2 heterocycles. The molecule has 6 nitrogen and oxygen atoms in total. The summed E-state index contributed by atoms with van der Waals surface area (Å²) in [7, 11) is 0. The highest BCUT2D eigenvalue weighted by Gasteiger charge is 2.32. The number of carbonyl (C=O) groups is 1. The van der Waals surface area contributed by atoms with Crippen molar-refractivity contribution in [1.29, 1.82) is 0 Å². The van der Waals surface area contributed by atoms with Gasteiger partial charge in [0.1, 0.15) is 6.10 Å². The molecular formula is C11H12N2O4. The van der Waals surface area contributed by atoms with Crippen molar-refractivity contribution in [2.75, 3.05) is 24.8 Å². The Bertz CT molecular complexity index is 463. The molecule has 0 aromatic heterocycles. The summed E-state index contributed by atoms with van der Waals surface area (Å²) in [5.74, 6) is 1.34.